The first-order valence-electron chi connectivity index (χ1n) is 10.4. The van der Waals surface area contributed by atoms with Crippen molar-refractivity contribution in [2.45, 2.75) is 18.6 Å². The van der Waals surface area contributed by atoms with E-state index in [1.807, 2.05) is 0 Å². The zero-order chi connectivity index (χ0) is 26.4. The third kappa shape index (κ3) is 10.1. The van der Waals surface area contributed by atoms with Gasteiger partial charge in [0.05, 0.1) is 20.0 Å². The Morgan fingerprint density at radius 1 is 0.857 bits per heavy atom. The number of carbonyl (C=O) groups excluding carboxylic acids is 2. The van der Waals surface area contributed by atoms with E-state index in [2.05, 4.69) is 14.2 Å². The third-order valence-electron chi connectivity index (χ3n) is 4.57. The lowest BCUT2D eigenvalue weighted by Gasteiger charge is -2.14. The summed E-state index contributed by atoms with van der Waals surface area (Å²) in [6.45, 7) is 0. The molecule has 194 valence electrons. The van der Waals surface area contributed by atoms with E-state index in [4.69, 9.17) is 26.8 Å². The quantitative estimate of drug-likeness (QED) is 0.254. The van der Waals surface area contributed by atoms with Gasteiger partial charge in [-0.2, -0.15) is 0 Å². The van der Waals surface area contributed by atoms with Crippen LogP contribution in [0.3, 0.4) is 0 Å². The molecule has 10 nitrogen and oxygen atoms in total. The lowest BCUT2D eigenvalue weighted by Crippen LogP contribution is -2.18. The van der Waals surface area contributed by atoms with Gasteiger partial charge in [-0.15, -0.1) is 11.6 Å². The molecule has 0 fully saturated rings. The summed E-state index contributed by atoms with van der Waals surface area (Å²) in [7, 11) is 2.03. The van der Waals surface area contributed by atoms with Gasteiger partial charge in [0, 0.05) is 31.5 Å². The molecule has 2 rings (SSSR count). The van der Waals surface area contributed by atoms with Crippen LogP contribution in [-0.4, -0.2) is 60.4 Å². The highest BCUT2D eigenvalue weighted by Crippen LogP contribution is 2.21. The normalized spacial score (nSPS) is 12.5. The van der Waals surface area contributed by atoms with Gasteiger partial charge in [0.25, 0.3) is 0 Å². The minimum Gasteiger partial charge on any atom is -0.467 e. The van der Waals surface area contributed by atoms with Gasteiger partial charge < -0.3 is 24.7 Å². The van der Waals surface area contributed by atoms with E-state index < -0.39 is 34.2 Å². The van der Waals surface area contributed by atoms with Crippen molar-refractivity contribution in [3.8, 4) is 0 Å². The van der Waals surface area contributed by atoms with Crippen LogP contribution < -0.4 is 10.5 Å². The van der Waals surface area contributed by atoms with E-state index in [0.717, 1.165) is 5.56 Å². The zero-order valence-corrected chi connectivity index (χ0v) is 21.6. The second kappa shape index (κ2) is 15.2. The Morgan fingerprint density at radius 2 is 1.29 bits per heavy atom. The van der Waals surface area contributed by atoms with Crippen molar-refractivity contribution in [2.75, 3.05) is 50.5 Å². The number of methoxy groups -OCH3 is 4. The van der Waals surface area contributed by atoms with Crippen LogP contribution in [0.5, 0.6) is 0 Å². The van der Waals surface area contributed by atoms with Gasteiger partial charge in [0.15, 0.2) is 12.2 Å². The van der Waals surface area contributed by atoms with Gasteiger partial charge in [-0.25, -0.2) is 18.0 Å². The third-order valence-corrected chi connectivity index (χ3v) is 6.21. The molecule has 2 aromatic carbocycles. The van der Waals surface area contributed by atoms with Crippen LogP contribution in [0.4, 0.5) is 11.4 Å². The molecule has 0 spiro atoms. The number of sulfonamides is 1. The second-order valence-electron chi connectivity index (χ2n) is 7.03. The molecule has 2 aromatic rings. The predicted molar refractivity (Wildman–Crippen MR) is 134 cm³/mol. The minimum absolute atomic E-state index is 0.0406. The van der Waals surface area contributed by atoms with Crippen LogP contribution in [0.2, 0.25) is 0 Å². The molecule has 35 heavy (non-hydrogen) atoms. The molecular formula is C23H31ClN2O8S. The maximum absolute atomic E-state index is 11.7. The molecule has 0 radical (unpaired) electrons. The Labute approximate surface area is 210 Å². The number of hydrogen-bond acceptors (Lipinski definition) is 9. The number of esters is 2. The van der Waals surface area contributed by atoms with Gasteiger partial charge >= 0.3 is 11.9 Å². The van der Waals surface area contributed by atoms with Gasteiger partial charge in [0.1, 0.15) is 0 Å². The van der Waals surface area contributed by atoms with E-state index in [0.29, 0.717) is 23.4 Å². The fourth-order valence-electron chi connectivity index (χ4n) is 2.82. The first-order valence-corrected chi connectivity index (χ1v) is 12.5. The summed E-state index contributed by atoms with van der Waals surface area (Å²) < 4.78 is 45.2. The number of alkyl halides is 1. The molecule has 0 saturated carbocycles. The topological polar surface area (TPSA) is 143 Å². The fourth-order valence-corrected chi connectivity index (χ4v) is 4.24. The number of nitrogen functional groups attached to an aromatic ring is 1. The number of nitrogens with one attached hydrogen (secondary N) is 1. The van der Waals surface area contributed by atoms with Gasteiger partial charge in [0.2, 0.25) is 10.0 Å². The van der Waals surface area contributed by atoms with Crippen LogP contribution in [-0.2, 0) is 38.6 Å². The SMILES string of the molecule is COC(=O)C(OC)c1ccc(N)cc1.COC(=O)C(OC)c1ccc(NS(=O)(=O)CCCCl)cc1. The van der Waals surface area contributed by atoms with E-state index in [1.54, 1.807) is 48.5 Å². The lowest BCUT2D eigenvalue weighted by molar-refractivity contribution is -0.153. The molecule has 0 saturated heterocycles. The number of benzene rings is 2. The van der Waals surface area contributed by atoms with E-state index in [1.165, 1.54) is 28.4 Å². The lowest BCUT2D eigenvalue weighted by atomic mass is 10.1. The molecule has 0 amide bonds. The summed E-state index contributed by atoms with van der Waals surface area (Å²) in [6.07, 6.45) is -1.14. The first-order chi connectivity index (χ1) is 16.6. The number of nitrogens with two attached hydrogens (primary N) is 1. The Hall–Kier alpha value is -2.86. The maximum atomic E-state index is 11.7. The largest absolute Gasteiger partial charge is 0.467 e. The van der Waals surface area contributed by atoms with Gasteiger partial charge in [-0.3, -0.25) is 4.72 Å². The van der Waals surface area contributed by atoms with Crippen molar-refractivity contribution in [3.05, 3.63) is 59.7 Å². The Morgan fingerprint density at radius 3 is 1.66 bits per heavy atom. The molecule has 2 atom stereocenters. The van der Waals surface area contributed by atoms with Crippen LogP contribution in [0.15, 0.2) is 48.5 Å². The summed E-state index contributed by atoms with van der Waals surface area (Å²) in [5.74, 6) is -0.694. The standard InChI is InChI=1S/C13H18ClNO5S.C10H13NO3/c1-19-12(13(16)20-2)10-4-6-11(7-5-10)15-21(17,18)9-3-8-14;1-13-9(10(12)14-2)7-3-5-8(11)6-4-7/h4-7,12,15H,3,8-9H2,1-2H3;3-6,9H,11H2,1-2H3. The highest BCUT2D eigenvalue weighted by atomic mass is 35.5. The number of carbonyl (C=O) groups is 2. The monoisotopic (exact) mass is 530 g/mol. The molecule has 0 heterocycles. The van der Waals surface area contributed by atoms with Gasteiger partial charge in [-0.1, -0.05) is 24.3 Å². The summed E-state index contributed by atoms with van der Waals surface area (Å²) in [5.41, 5.74) is 7.88. The second-order valence-corrected chi connectivity index (χ2v) is 9.25. The first kappa shape index (κ1) is 30.2. The van der Waals surface area contributed by atoms with E-state index in [9.17, 15) is 18.0 Å². The summed E-state index contributed by atoms with van der Waals surface area (Å²) in [5, 5.41) is 0. The number of anilines is 2. The number of ether oxygens (including phenoxy) is 4. The zero-order valence-electron chi connectivity index (χ0n) is 20.0. The molecule has 2 unspecified atom stereocenters. The van der Waals surface area contributed by atoms with Crippen LogP contribution in [0.25, 0.3) is 0 Å². The number of hydrogen-bond donors (Lipinski definition) is 2. The molecule has 0 aliphatic heterocycles. The molecule has 12 heteroatoms. The predicted octanol–water partition coefficient (Wildman–Crippen LogP) is 3.05. The van der Waals surface area contributed by atoms with E-state index in [-0.39, 0.29) is 11.6 Å². The van der Waals surface area contributed by atoms with Crippen molar-refractivity contribution >= 4 is 44.9 Å². The average Bonchev–Trinajstić information content (AvgIpc) is 2.85. The van der Waals surface area contributed by atoms with Crippen molar-refractivity contribution in [1.29, 1.82) is 0 Å². The number of halogens is 1. The summed E-state index contributed by atoms with van der Waals surface area (Å²) in [6, 6.07) is 13.2. The Kier molecular flexibility index (Phi) is 13.1. The van der Waals surface area contributed by atoms with E-state index >= 15 is 0 Å². The molecule has 0 aliphatic rings. The smallest absolute Gasteiger partial charge is 0.339 e. The minimum atomic E-state index is -3.41. The summed E-state index contributed by atoms with van der Waals surface area (Å²) >= 11 is 5.48. The maximum Gasteiger partial charge on any atom is 0.339 e. The molecule has 0 bridgehead atoms. The van der Waals surface area contributed by atoms with Crippen LogP contribution >= 0.6 is 11.6 Å². The number of rotatable bonds is 11. The van der Waals surface area contributed by atoms with Crippen molar-refractivity contribution in [3.63, 3.8) is 0 Å². The molecule has 0 aliphatic carbocycles. The van der Waals surface area contributed by atoms with Crippen molar-refractivity contribution < 1.29 is 37.0 Å². The Balaban J connectivity index is 0.000000379. The van der Waals surface area contributed by atoms with Gasteiger partial charge in [-0.05, 0) is 41.8 Å². The van der Waals surface area contributed by atoms with Crippen molar-refractivity contribution in [1.82, 2.24) is 0 Å². The summed E-state index contributed by atoms with van der Waals surface area (Å²) in [4.78, 5) is 22.8. The highest BCUT2D eigenvalue weighted by molar-refractivity contribution is 7.92. The van der Waals surface area contributed by atoms with Crippen LogP contribution in [0, 0.1) is 0 Å². The molecule has 0 aromatic heterocycles. The molecule has 3 N–H and O–H groups in total. The average molecular weight is 531 g/mol. The van der Waals surface area contributed by atoms with Crippen molar-refractivity contribution in [2.24, 2.45) is 0 Å². The fraction of sp³-hybridized carbons (Fsp3) is 0.391. The highest BCUT2D eigenvalue weighted by Gasteiger charge is 2.21. The molecular weight excluding hydrogens is 500 g/mol. The Bertz CT molecular complexity index is 1030. The van der Waals surface area contributed by atoms with Crippen LogP contribution in [0.1, 0.15) is 29.8 Å².